The molecule has 96 valence electrons. The summed E-state index contributed by atoms with van der Waals surface area (Å²) in [6.07, 6.45) is 2.10. The molecule has 0 spiro atoms. The Kier molecular flexibility index (Phi) is 3.03. The van der Waals surface area contributed by atoms with Gasteiger partial charge in [-0.15, -0.1) is 0 Å². The van der Waals surface area contributed by atoms with E-state index >= 15 is 0 Å². The Balaban J connectivity index is 2.11. The Morgan fingerprint density at radius 2 is 1.74 bits per heavy atom. The molecule has 0 radical (unpaired) electrons. The van der Waals surface area contributed by atoms with E-state index in [0.29, 0.717) is 0 Å². The Morgan fingerprint density at radius 1 is 1.05 bits per heavy atom. The predicted molar refractivity (Wildman–Crippen MR) is 79.6 cm³/mol. The molecule has 3 aromatic rings. The first-order valence-corrected chi connectivity index (χ1v) is 6.77. The van der Waals surface area contributed by atoms with Crippen LogP contribution in [-0.2, 0) is 0 Å². The van der Waals surface area contributed by atoms with Crippen LogP contribution in [0.2, 0.25) is 0 Å². The number of aryl methyl sites for hydroxylation is 1. The lowest BCUT2D eigenvalue weighted by atomic mass is 10.1. The molecule has 0 unspecified atom stereocenters. The monoisotopic (exact) mass is 316 g/mol. The van der Waals surface area contributed by atoms with Crippen molar-refractivity contribution in [2.75, 3.05) is 7.11 Å². The van der Waals surface area contributed by atoms with Crippen LogP contribution in [0, 0.1) is 6.92 Å². The molecule has 4 heteroatoms. The molecular formula is C15H13BrN2O. The summed E-state index contributed by atoms with van der Waals surface area (Å²) in [7, 11) is 1.67. The van der Waals surface area contributed by atoms with Gasteiger partial charge in [-0.2, -0.15) is 0 Å². The highest BCUT2D eigenvalue weighted by molar-refractivity contribution is 9.10. The van der Waals surface area contributed by atoms with Crippen molar-refractivity contribution in [3.63, 3.8) is 0 Å². The highest BCUT2D eigenvalue weighted by Gasteiger charge is 2.07. The second kappa shape index (κ2) is 4.70. The normalized spacial score (nSPS) is 10.9. The van der Waals surface area contributed by atoms with Gasteiger partial charge in [-0.1, -0.05) is 18.2 Å². The fourth-order valence-corrected chi connectivity index (χ4v) is 2.72. The molecule has 2 heterocycles. The van der Waals surface area contributed by atoms with E-state index in [-0.39, 0.29) is 0 Å². The van der Waals surface area contributed by atoms with E-state index in [4.69, 9.17) is 4.74 Å². The van der Waals surface area contributed by atoms with Gasteiger partial charge >= 0.3 is 0 Å². The van der Waals surface area contributed by atoms with Crippen LogP contribution in [0.25, 0.3) is 16.6 Å². The molecule has 0 fully saturated rings. The molecule has 3 rings (SSSR count). The molecule has 19 heavy (non-hydrogen) atoms. The van der Waals surface area contributed by atoms with Crippen LogP contribution in [0.5, 0.6) is 5.75 Å². The maximum Gasteiger partial charge on any atom is 0.132 e. The lowest BCUT2D eigenvalue weighted by molar-refractivity contribution is 0.415. The maximum absolute atomic E-state index is 5.18. The Hall–Kier alpha value is -1.81. The van der Waals surface area contributed by atoms with Crippen molar-refractivity contribution < 1.29 is 4.74 Å². The first-order chi connectivity index (χ1) is 9.19. The van der Waals surface area contributed by atoms with Crippen LogP contribution < -0.4 is 4.74 Å². The van der Waals surface area contributed by atoms with Gasteiger partial charge in [0, 0.05) is 6.20 Å². The van der Waals surface area contributed by atoms with E-state index in [9.17, 15) is 0 Å². The third-order valence-corrected chi connectivity index (χ3v) is 3.78. The van der Waals surface area contributed by atoms with Gasteiger partial charge in [0.05, 0.1) is 12.6 Å². The van der Waals surface area contributed by atoms with E-state index in [1.54, 1.807) is 7.11 Å². The molecule has 0 aliphatic heterocycles. The van der Waals surface area contributed by atoms with Gasteiger partial charge in [-0.25, -0.2) is 4.98 Å². The van der Waals surface area contributed by atoms with Gasteiger partial charge in [0.25, 0.3) is 0 Å². The van der Waals surface area contributed by atoms with Crippen LogP contribution in [0.3, 0.4) is 0 Å². The predicted octanol–water partition coefficient (Wildman–Crippen LogP) is 4.08. The number of benzene rings is 1. The number of hydrogen-bond donors (Lipinski definition) is 0. The van der Waals surface area contributed by atoms with E-state index in [1.807, 2.05) is 19.1 Å². The van der Waals surface area contributed by atoms with Crippen molar-refractivity contribution in [1.29, 1.82) is 0 Å². The lowest BCUT2D eigenvalue weighted by Gasteiger charge is -2.05. The van der Waals surface area contributed by atoms with E-state index in [1.165, 1.54) is 0 Å². The molecule has 0 atom stereocenters. The standard InChI is InChI=1S/C15H13BrN2O/c1-10-17-15(16)14-8-5-12(9-18(10)14)11-3-6-13(19-2)7-4-11/h3-9H,1-2H3. The van der Waals surface area contributed by atoms with Crippen molar-refractivity contribution in [1.82, 2.24) is 9.38 Å². The number of nitrogens with zero attached hydrogens (tertiary/aromatic N) is 2. The van der Waals surface area contributed by atoms with Gasteiger partial charge < -0.3 is 9.14 Å². The van der Waals surface area contributed by atoms with E-state index < -0.39 is 0 Å². The summed E-state index contributed by atoms with van der Waals surface area (Å²) in [6.45, 7) is 2.00. The van der Waals surface area contributed by atoms with Gasteiger partial charge in [0.15, 0.2) is 0 Å². The topological polar surface area (TPSA) is 26.5 Å². The van der Waals surface area contributed by atoms with E-state index in [0.717, 1.165) is 32.8 Å². The minimum atomic E-state index is 0.867. The molecule has 0 saturated heterocycles. The molecule has 0 aliphatic carbocycles. The van der Waals surface area contributed by atoms with Gasteiger partial charge in [-0.3, -0.25) is 0 Å². The minimum Gasteiger partial charge on any atom is -0.497 e. The van der Waals surface area contributed by atoms with Crippen molar-refractivity contribution in [2.24, 2.45) is 0 Å². The summed E-state index contributed by atoms with van der Waals surface area (Å²) in [5.74, 6) is 1.84. The van der Waals surface area contributed by atoms with Crippen molar-refractivity contribution in [3.05, 3.63) is 53.0 Å². The molecular weight excluding hydrogens is 304 g/mol. The number of rotatable bonds is 2. The minimum absolute atomic E-state index is 0.867. The first-order valence-electron chi connectivity index (χ1n) is 5.97. The number of halogens is 1. The number of hydrogen-bond acceptors (Lipinski definition) is 2. The average molecular weight is 317 g/mol. The van der Waals surface area contributed by atoms with E-state index in [2.05, 4.69) is 55.8 Å². The van der Waals surface area contributed by atoms with Crippen LogP contribution in [-0.4, -0.2) is 16.5 Å². The number of fused-ring (bicyclic) bond motifs is 1. The fourth-order valence-electron chi connectivity index (χ4n) is 2.14. The van der Waals surface area contributed by atoms with Crippen LogP contribution in [0.1, 0.15) is 5.82 Å². The quantitative estimate of drug-likeness (QED) is 0.712. The summed E-state index contributed by atoms with van der Waals surface area (Å²) in [5, 5.41) is 0. The summed E-state index contributed by atoms with van der Waals surface area (Å²) in [6, 6.07) is 12.2. The molecule has 0 bridgehead atoms. The molecule has 1 aromatic carbocycles. The average Bonchev–Trinajstić information content (AvgIpc) is 2.74. The SMILES string of the molecule is COc1ccc(-c2ccc3c(Br)nc(C)n3c2)cc1. The summed E-state index contributed by atoms with van der Waals surface area (Å²) in [5.41, 5.74) is 3.39. The zero-order valence-electron chi connectivity index (χ0n) is 10.7. The number of aromatic nitrogens is 2. The molecule has 0 aliphatic rings. The smallest absolute Gasteiger partial charge is 0.132 e. The number of imidazole rings is 1. The van der Waals surface area contributed by atoms with Crippen molar-refractivity contribution >= 4 is 21.4 Å². The van der Waals surface area contributed by atoms with Gasteiger partial charge in [0.2, 0.25) is 0 Å². The summed E-state index contributed by atoms with van der Waals surface area (Å²) < 4.78 is 8.14. The second-order valence-corrected chi connectivity index (χ2v) is 5.10. The van der Waals surface area contributed by atoms with Crippen molar-refractivity contribution in [2.45, 2.75) is 6.92 Å². The third-order valence-electron chi connectivity index (χ3n) is 3.19. The van der Waals surface area contributed by atoms with Gasteiger partial charge in [0.1, 0.15) is 16.2 Å². The van der Waals surface area contributed by atoms with Crippen LogP contribution in [0.15, 0.2) is 47.2 Å². The number of methoxy groups -OCH3 is 1. The third kappa shape index (κ3) is 2.12. The van der Waals surface area contributed by atoms with Crippen LogP contribution in [0.4, 0.5) is 0 Å². The largest absolute Gasteiger partial charge is 0.497 e. The van der Waals surface area contributed by atoms with Crippen LogP contribution >= 0.6 is 15.9 Å². The van der Waals surface area contributed by atoms with Gasteiger partial charge in [-0.05, 0) is 52.2 Å². The zero-order valence-corrected chi connectivity index (χ0v) is 12.3. The lowest BCUT2D eigenvalue weighted by Crippen LogP contribution is -1.89. The molecule has 3 nitrogen and oxygen atoms in total. The fraction of sp³-hybridized carbons (Fsp3) is 0.133. The Morgan fingerprint density at radius 3 is 2.42 bits per heavy atom. The first kappa shape index (κ1) is 12.2. The highest BCUT2D eigenvalue weighted by atomic mass is 79.9. The zero-order chi connectivity index (χ0) is 13.4. The number of ether oxygens (including phenoxy) is 1. The molecule has 2 aromatic heterocycles. The molecule has 0 amide bonds. The maximum atomic E-state index is 5.18. The molecule has 0 N–H and O–H groups in total. The summed E-state index contributed by atoms with van der Waals surface area (Å²) in [4.78, 5) is 4.41. The second-order valence-electron chi connectivity index (χ2n) is 4.35. The Labute approximate surface area is 120 Å². The van der Waals surface area contributed by atoms with Crippen molar-refractivity contribution in [3.8, 4) is 16.9 Å². The number of pyridine rings is 1. The molecule has 0 saturated carbocycles. The summed E-state index contributed by atoms with van der Waals surface area (Å²) >= 11 is 3.47. The Bertz CT molecular complexity index is 732. The highest BCUT2D eigenvalue weighted by Crippen LogP contribution is 2.26.